The molecule has 5 heteroatoms. The summed E-state index contributed by atoms with van der Waals surface area (Å²) in [6.07, 6.45) is 2.02. The number of benzene rings is 1. The minimum atomic E-state index is 0.303. The largest absolute Gasteiger partial charge is 0.309 e. The molecule has 0 amide bonds. The Balaban J connectivity index is 2.21. The van der Waals surface area contributed by atoms with E-state index in [1.807, 2.05) is 29.5 Å². The molecule has 1 nitrogen and oxygen atoms in total. The summed E-state index contributed by atoms with van der Waals surface area (Å²) < 4.78 is 1.18. The normalized spacial score (nSPS) is 12.6. The van der Waals surface area contributed by atoms with Gasteiger partial charge in [-0.2, -0.15) is 0 Å². The molecule has 0 spiro atoms. The summed E-state index contributed by atoms with van der Waals surface area (Å²) in [6, 6.07) is 8.39. The average molecular weight is 407 g/mol. The van der Waals surface area contributed by atoms with Gasteiger partial charge in [0.2, 0.25) is 0 Å². The number of halogens is 3. The summed E-state index contributed by atoms with van der Waals surface area (Å²) in [4.78, 5) is 2.65. The second-order valence-corrected chi connectivity index (χ2v) is 7.97. The van der Waals surface area contributed by atoms with E-state index < -0.39 is 0 Å². The van der Waals surface area contributed by atoms with Crippen molar-refractivity contribution in [3.63, 3.8) is 0 Å². The highest BCUT2D eigenvalue weighted by Crippen LogP contribution is 2.33. The second kappa shape index (κ2) is 7.98. The summed E-state index contributed by atoms with van der Waals surface area (Å²) in [7, 11) is 0. The van der Waals surface area contributed by atoms with Crippen molar-refractivity contribution in [3.05, 3.63) is 54.1 Å². The van der Waals surface area contributed by atoms with Gasteiger partial charge in [0.05, 0.1) is 10.0 Å². The van der Waals surface area contributed by atoms with Crippen LogP contribution in [0.25, 0.3) is 0 Å². The summed E-state index contributed by atoms with van der Waals surface area (Å²) in [6.45, 7) is 5.31. The molecule has 0 aliphatic carbocycles. The van der Waals surface area contributed by atoms with Crippen molar-refractivity contribution in [2.45, 2.75) is 32.7 Å². The van der Waals surface area contributed by atoms with Crippen LogP contribution in [0.4, 0.5) is 0 Å². The smallest absolute Gasteiger partial charge is 0.0595 e. The Labute approximate surface area is 148 Å². The first-order valence-corrected chi connectivity index (χ1v) is 9.31. The van der Waals surface area contributed by atoms with Crippen LogP contribution in [0.15, 0.2) is 28.7 Å². The first kappa shape index (κ1) is 17.3. The van der Waals surface area contributed by atoms with Gasteiger partial charge in [-0.3, -0.25) is 0 Å². The van der Waals surface area contributed by atoms with Crippen LogP contribution in [0.5, 0.6) is 0 Å². The number of thiophene rings is 1. The van der Waals surface area contributed by atoms with Crippen molar-refractivity contribution in [2.75, 3.05) is 6.54 Å². The molecule has 114 valence electrons. The lowest BCUT2D eigenvalue weighted by Gasteiger charge is -2.17. The quantitative estimate of drug-likeness (QED) is 0.584. The topological polar surface area (TPSA) is 12.0 Å². The fourth-order valence-electron chi connectivity index (χ4n) is 2.15. The predicted molar refractivity (Wildman–Crippen MR) is 98.0 cm³/mol. The second-order valence-electron chi connectivity index (χ2n) is 5.01. The van der Waals surface area contributed by atoms with Crippen LogP contribution >= 0.6 is 50.5 Å². The van der Waals surface area contributed by atoms with Gasteiger partial charge in [0.15, 0.2) is 0 Å². The van der Waals surface area contributed by atoms with E-state index in [0.29, 0.717) is 16.1 Å². The van der Waals surface area contributed by atoms with Gasteiger partial charge in [0.1, 0.15) is 0 Å². The zero-order chi connectivity index (χ0) is 15.4. The molecule has 21 heavy (non-hydrogen) atoms. The predicted octanol–water partition coefficient (Wildman–Crippen LogP) is 6.41. The fourth-order valence-corrected chi connectivity index (χ4v) is 4.10. The molecule has 0 radical (unpaired) electrons. The average Bonchev–Trinajstić information content (AvgIpc) is 2.78. The molecule has 0 saturated heterocycles. The van der Waals surface area contributed by atoms with Gasteiger partial charge < -0.3 is 5.32 Å². The number of aryl methyl sites for hydroxylation is 1. The van der Waals surface area contributed by atoms with E-state index in [4.69, 9.17) is 23.2 Å². The van der Waals surface area contributed by atoms with Crippen LogP contribution < -0.4 is 5.32 Å². The van der Waals surface area contributed by atoms with Crippen LogP contribution in [-0.2, 0) is 6.42 Å². The summed E-state index contributed by atoms with van der Waals surface area (Å²) in [5.41, 5.74) is 1.19. The molecule has 1 heterocycles. The van der Waals surface area contributed by atoms with Gasteiger partial charge in [-0.25, -0.2) is 0 Å². The van der Waals surface area contributed by atoms with E-state index in [2.05, 4.69) is 41.2 Å². The molecular formula is C16H18BrCl2NS. The van der Waals surface area contributed by atoms with Gasteiger partial charge in [-0.05, 0) is 66.0 Å². The fraction of sp³-hybridized carbons (Fsp3) is 0.375. The van der Waals surface area contributed by atoms with Crippen molar-refractivity contribution >= 4 is 50.5 Å². The maximum Gasteiger partial charge on any atom is 0.0595 e. The highest BCUT2D eigenvalue weighted by Gasteiger charge is 2.16. The Bertz CT molecular complexity index is 593. The summed E-state index contributed by atoms with van der Waals surface area (Å²) >= 11 is 17.5. The van der Waals surface area contributed by atoms with Crippen LogP contribution in [0.1, 0.15) is 34.7 Å². The maximum atomic E-state index is 6.12. The van der Waals surface area contributed by atoms with Crippen LogP contribution in [0, 0.1) is 6.92 Å². The van der Waals surface area contributed by atoms with Crippen LogP contribution in [0.2, 0.25) is 10.0 Å². The minimum absolute atomic E-state index is 0.303. The third-order valence-electron chi connectivity index (χ3n) is 3.28. The van der Waals surface area contributed by atoms with E-state index in [1.54, 1.807) is 0 Å². The Hall–Kier alpha value is -0.0600. The van der Waals surface area contributed by atoms with Crippen LogP contribution in [0.3, 0.4) is 0 Å². The molecule has 0 bridgehead atoms. The van der Waals surface area contributed by atoms with Crippen molar-refractivity contribution in [2.24, 2.45) is 0 Å². The Morgan fingerprint density at radius 1 is 1.24 bits per heavy atom. The Kier molecular flexibility index (Phi) is 6.57. The Morgan fingerprint density at radius 3 is 2.57 bits per heavy atom. The van der Waals surface area contributed by atoms with Gasteiger partial charge in [0, 0.05) is 20.3 Å². The first-order chi connectivity index (χ1) is 10.0. The van der Waals surface area contributed by atoms with Gasteiger partial charge >= 0.3 is 0 Å². The van der Waals surface area contributed by atoms with E-state index >= 15 is 0 Å². The molecule has 1 aromatic heterocycles. The zero-order valence-corrected chi connectivity index (χ0v) is 16.0. The van der Waals surface area contributed by atoms with E-state index in [1.165, 1.54) is 19.8 Å². The number of nitrogens with one attached hydrogen (secondary N) is 1. The lowest BCUT2D eigenvalue weighted by Crippen LogP contribution is -2.23. The molecule has 0 aliphatic heterocycles. The van der Waals surface area contributed by atoms with Crippen molar-refractivity contribution < 1.29 is 0 Å². The lowest BCUT2D eigenvalue weighted by molar-refractivity contribution is 0.536. The number of rotatable bonds is 6. The third-order valence-corrected chi connectivity index (χ3v) is 6.27. The molecule has 2 rings (SSSR count). The Morgan fingerprint density at radius 2 is 2.00 bits per heavy atom. The molecule has 1 atom stereocenters. The highest BCUT2D eigenvalue weighted by atomic mass is 79.9. The molecule has 0 saturated carbocycles. The molecule has 0 fully saturated rings. The van der Waals surface area contributed by atoms with Crippen molar-refractivity contribution in [1.82, 2.24) is 5.32 Å². The van der Waals surface area contributed by atoms with Crippen LogP contribution in [-0.4, -0.2) is 6.54 Å². The third kappa shape index (κ3) is 4.70. The maximum absolute atomic E-state index is 6.12. The van der Waals surface area contributed by atoms with Gasteiger partial charge in [0.25, 0.3) is 0 Å². The number of hydrogen-bond donors (Lipinski definition) is 1. The summed E-state index contributed by atoms with van der Waals surface area (Å²) in [5, 5.41) is 4.84. The SMILES string of the molecule is CCCNC(Cc1ccc(Cl)c(Cl)c1)c1cc(Br)c(C)s1. The molecule has 1 unspecified atom stereocenters. The van der Waals surface area contributed by atoms with Gasteiger partial charge in [-0.1, -0.05) is 36.2 Å². The molecule has 2 aromatic rings. The highest BCUT2D eigenvalue weighted by molar-refractivity contribution is 9.10. The lowest BCUT2D eigenvalue weighted by atomic mass is 10.0. The van der Waals surface area contributed by atoms with Gasteiger partial charge in [-0.15, -0.1) is 11.3 Å². The minimum Gasteiger partial charge on any atom is -0.309 e. The standard InChI is InChI=1S/C16H18BrCl2NS/c1-3-6-20-15(16-9-12(17)10(2)21-16)8-11-4-5-13(18)14(19)7-11/h4-5,7,9,15,20H,3,6,8H2,1-2H3. The van der Waals surface area contributed by atoms with E-state index in [9.17, 15) is 0 Å². The number of hydrogen-bond acceptors (Lipinski definition) is 2. The molecule has 1 N–H and O–H groups in total. The monoisotopic (exact) mass is 405 g/mol. The van der Waals surface area contributed by atoms with Crippen molar-refractivity contribution in [3.8, 4) is 0 Å². The van der Waals surface area contributed by atoms with Crippen molar-refractivity contribution in [1.29, 1.82) is 0 Å². The molecule has 1 aromatic carbocycles. The zero-order valence-electron chi connectivity index (χ0n) is 12.1. The van der Waals surface area contributed by atoms with E-state index in [-0.39, 0.29) is 0 Å². The van der Waals surface area contributed by atoms with E-state index in [0.717, 1.165) is 19.4 Å². The molecular weight excluding hydrogens is 389 g/mol. The first-order valence-electron chi connectivity index (χ1n) is 6.94. The summed E-state index contributed by atoms with van der Waals surface area (Å²) in [5.74, 6) is 0. The molecule has 0 aliphatic rings.